The van der Waals surface area contributed by atoms with Crippen molar-refractivity contribution < 1.29 is 4.74 Å². The van der Waals surface area contributed by atoms with Crippen molar-refractivity contribution >= 4 is 28.9 Å². The normalized spacial score (nSPS) is 9.83. The molecule has 0 aromatic heterocycles. The van der Waals surface area contributed by atoms with Gasteiger partial charge in [0.15, 0.2) is 5.75 Å². The monoisotopic (exact) mass is 278 g/mol. The van der Waals surface area contributed by atoms with E-state index in [-0.39, 0.29) is 0 Å². The number of para-hydroxylation sites is 1. The summed E-state index contributed by atoms with van der Waals surface area (Å²) < 4.78 is 5.57. The lowest BCUT2D eigenvalue weighted by atomic mass is 10.2. The van der Waals surface area contributed by atoms with Crippen LogP contribution in [-0.2, 0) is 0 Å². The maximum Gasteiger partial charge on any atom is 0.168 e. The molecule has 0 fully saturated rings. The van der Waals surface area contributed by atoms with Crippen molar-refractivity contribution in [2.24, 2.45) is 0 Å². The number of hydrogen-bond acceptors (Lipinski definition) is 3. The highest BCUT2D eigenvalue weighted by Crippen LogP contribution is 2.35. The molecule has 0 aliphatic rings. The van der Waals surface area contributed by atoms with Crippen LogP contribution >= 0.6 is 23.2 Å². The average molecular weight is 279 g/mol. The number of nitriles is 1. The van der Waals surface area contributed by atoms with Crippen LogP contribution in [0.15, 0.2) is 36.4 Å². The number of nitrogens with two attached hydrogens (primary N) is 1. The van der Waals surface area contributed by atoms with Gasteiger partial charge in [-0.15, -0.1) is 0 Å². The lowest BCUT2D eigenvalue weighted by molar-refractivity contribution is 0.485. The second kappa shape index (κ2) is 5.18. The fourth-order valence-corrected chi connectivity index (χ4v) is 1.83. The van der Waals surface area contributed by atoms with Gasteiger partial charge in [-0.05, 0) is 24.3 Å². The number of nitrogen functional groups attached to an aromatic ring is 1. The smallest absolute Gasteiger partial charge is 0.168 e. The van der Waals surface area contributed by atoms with Crippen LogP contribution in [0.3, 0.4) is 0 Å². The molecule has 5 heteroatoms. The molecule has 0 amide bonds. The van der Waals surface area contributed by atoms with Gasteiger partial charge >= 0.3 is 0 Å². The maximum absolute atomic E-state index is 8.77. The summed E-state index contributed by atoms with van der Waals surface area (Å²) in [5.41, 5.74) is 6.59. The molecule has 0 atom stereocenters. The minimum absolute atomic E-state index is 0.320. The van der Waals surface area contributed by atoms with E-state index in [4.69, 9.17) is 38.9 Å². The van der Waals surface area contributed by atoms with Crippen LogP contribution in [0.2, 0.25) is 10.0 Å². The number of hydrogen-bond donors (Lipinski definition) is 1. The minimum Gasteiger partial charge on any atom is -0.454 e. The SMILES string of the molecule is N#Cc1ccc(Oc2c(N)cccc2Cl)cc1Cl. The third-order valence-corrected chi connectivity index (χ3v) is 2.89. The van der Waals surface area contributed by atoms with Crippen molar-refractivity contribution in [1.82, 2.24) is 0 Å². The second-order valence-corrected chi connectivity index (χ2v) is 4.33. The predicted molar refractivity (Wildman–Crippen MR) is 72.1 cm³/mol. The molecule has 0 saturated carbocycles. The molecular weight excluding hydrogens is 271 g/mol. The largest absolute Gasteiger partial charge is 0.454 e. The van der Waals surface area contributed by atoms with Crippen LogP contribution in [-0.4, -0.2) is 0 Å². The number of ether oxygens (including phenoxy) is 1. The highest BCUT2D eigenvalue weighted by Gasteiger charge is 2.08. The van der Waals surface area contributed by atoms with Crippen LogP contribution in [0.5, 0.6) is 11.5 Å². The van der Waals surface area contributed by atoms with Crippen LogP contribution in [0.4, 0.5) is 5.69 Å². The van der Waals surface area contributed by atoms with E-state index < -0.39 is 0 Å². The summed E-state index contributed by atoms with van der Waals surface area (Å²) in [5.74, 6) is 0.846. The lowest BCUT2D eigenvalue weighted by Gasteiger charge is -2.10. The van der Waals surface area contributed by atoms with Crippen LogP contribution in [0.1, 0.15) is 5.56 Å². The Morgan fingerprint density at radius 1 is 1.11 bits per heavy atom. The minimum atomic E-state index is 0.320. The standard InChI is InChI=1S/C13H8Cl2N2O/c14-10-2-1-3-12(17)13(10)18-9-5-4-8(7-16)11(15)6-9/h1-6H,17H2. The highest BCUT2D eigenvalue weighted by atomic mass is 35.5. The van der Waals surface area contributed by atoms with Gasteiger partial charge in [-0.1, -0.05) is 29.3 Å². The van der Waals surface area contributed by atoms with Crippen molar-refractivity contribution in [2.45, 2.75) is 0 Å². The summed E-state index contributed by atoms with van der Waals surface area (Å²) in [5, 5.41) is 9.50. The molecule has 2 aromatic rings. The molecule has 2 N–H and O–H groups in total. The number of anilines is 1. The van der Waals surface area contributed by atoms with Gasteiger partial charge in [0.2, 0.25) is 0 Å². The van der Waals surface area contributed by atoms with Gasteiger partial charge in [0.25, 0.3) is 0 Å². The molecule has 0 aliphatic carbocycles. The zero-order valence-corrected chi connectivity index (χ0v) is 10.7. The van der Waals surface area contributed by atoms with E-state index in [1.54, 1.807) is 36.4 Å². The van der Waals surface area contributed by atoms with Gasteiger partial charge < -0.3 is 10.5 Å². The average Bonchev–Trinajstić information content (AvgIpc) is 2.34. The lowest BCUT2D eigenvalue weighted by Crippen LogP contribution is -1.93. The molecule has 18 heavy (non-hydrogen) atoms. The Hall–Kier alpha value is -1.89. The van der Waals surface area contributed by atoms with Gasteiger partial charge in [0.05, 0.1) is 21.3 Å². The Bertz CT molecular complexity index is 615. The summed E-state index contributed by atoms with van der Waals surface area (Å²) in [7, 11) is 0. The fourth-order valence-electron chi connectivity index (χ4n) is 1.40. The van der Waals surface area contributed by atoms with E-state index in [0.29, 0.717) is 32.8 Å². The van der Waals surface area contributed by atoms with Crippen molar-refractivity contribution in [3.05, 3.63) is 52.0 Å². The third kappa shape index (κ3) is 2.51. The van der Waals surface area contributed by atoms with E-state index in [1.165, 1.54) is 0 Å². The van der Waals surface area contributed by atoms with E-state index >= 15 is 0 Å². The van der Waals surface area contributed by atoms with Gasteiger partial charge in [-0.3, -0.25) is 0 Å². The quantitative estimate of drug-likeness (QED) is 0.836. The summed E-state index contributed by atoms with van der Waals surface area (Å²) in [6, 6.07) is 11.8. The van der Waals surface area contributed by atoms with Gasteiger partial charge in [-0.2, -0.15) is 5.26 Å². The van der Waals surface area contributed by atoms with Crippen molar-refractivity contribution in [2.75, 3.05) is 5.73 Å². The van der Waals surface area contributed by atoms with Crippen molar-refractivity contribution in [3.63, 3.8) is 0 Å². The van der Waals surface area contributed by atoms with Gasteiger partial charge in [-0.25, -0.2) is 0 Å². The number of nitrogens with zero attached hydrogens (tertiary/aromatic N) is 1. The van der Waals surface area contributed by atoms with Crippen LogP contribution < -0.4 is 10.5 Å². The zero-order chi connectivity index (χ0) is 13.1. The number of rotatable bonds is 2. The first-order chi connectivity index (χ1) is 8.61. The maximum atomic E-state index is 8.77. The molecule has 0 radical (unpaired) electrons. The zero-order valence-electron chi connectivity index (χ0n) is 9.15. The Kier molecular flexibility index (Phi) is 3.61. The van der Waals surface area contributed by atoms with E-state index in [0.717, 1.165) is 0 Å². The molecule has 2 aromatic carbocycles. The Balaban J connectivity index is 2.35. The van der Waals surface area contributed by atoms with E-state index in [9.17, 15) is 0 Å². The van der Waals surface area contributed by atoms with Crippen molar-refractivity contribution in [3.8, 4) is 17.6 Å². The summed E-state index contributed by atoms with van der Waals surface area (Å²) in [6.07, 6.45) is 0. The first kappa shape index (κ1) is 12.6. The molecule has 0 bridgehead atoms. The van der Waals surface area contributed by atoms with E-state index in [2.05, 4.69) is 0 Å². The topological polar surface area (TPSA) is 59.0 Å². The van der Waals surface area contributed by atoms with Crippen LogP contribution in [0, 0.1) is 11.3 Å². The molecule has 90 valence electrons. The molecule has 3 nitrogen and oxygen atoms in total. The number of halogens is 2. The van der Waals surface area contributed by atoms with Gasteiger partial charge in [0.1, 0.15) is 11.8 Å². The van der Waals surface area contributed by atoms with Crippen molar-refractivity contribution in [1.29, 1.82) is 5.26 Å². The highest BCUT2D eigenvalue weighted by molar-refractivity contribution is 6.32. The van der Waals surface area contributed by atoms with Gasteiger partial charge in [0, 0.05) is 6.07 Å². The molecular formula is C13H8Cl2N2O. The second-order valence-electron chi connectivity index (χ2n) is 3.51. The summed E-state index contributed by atoms with van der Waals surface area (Å²) >= 11 is 11.9. The fraction of sp³-hybridized carbons (Fsp3) is 0. The molecule has 0 heterocycles. The molecule has 0 saturated heterocycles. The Morgan fingerprint density at radius 2 is 1.89 bits per heavy atom. The summed E-state index contributed by atoms with van der Waals surface area (Å²) in [4.78, 5) is 0. The Labute approximate surface area is 114 Å². The molecule has 2 rings (SSSR count). The molecule has 0 unspecified atom stereocenters. The first-order valence-corrected chi connectivity index (χ1v) is 5.79. The van der Waals surface area contributed by atoms with E-state index in [1.807, 2.05) is 6.07 Å². The molecule has 0 aliphatic heterocycles. The predicted octanol–water partition coefficient (Wildman–Crippen LogP) is 4.24. The number of benzene rings is 2. The van der Waals surface area contributed by atoms with Crippen LogP contribution in [0.25, 0.3) is 0 Å². The third-order valence-electron chi connectivity index (χ3n) is 2.28. The first-order valence-electron chi connectivity index (χ1n) is 5.03. The molecule has 0 spiro atoms. The Morgan fingerprint density at radius 3 is 2.50 bits per heavy atom. The summed E-state index contributed by atoms with van der Waals surface area (Å²) in [6.45, 7) is 0.